The van der Waals surface area contributed by atoms with E-state index in [9.17, 15) is 0 Å². The first-order chi connectivity index (χ1) is 7.97. The highest BCUT2D eigenvalue weighted by Gasteiger charge is 2.11. The Hall–Kier alpha value is -0.120. The molecule has 0 bridgehead atoms. The van der Waals surface area contributed by atoms with Gasteiger partial charge >= 0.3 is 0 Å². The van der Waals surface area contributed by atoms with E-state index in [0.29, 0.717) is 6.04 Å². The van der Waals surface area contributed by atoms with Crippen molar-refractivity contribution >= 4 is 0 Å². The highest BCUT2D eigenvalue weighted by molar-refractivity contribution is 4.69. The van der Waals surface area contributed by atoms with E-state index in [4.69, 9.17) is 0 Å². The zero-order valence-corrected chi connectivity index (χ0v) is 12.8. The van der Waals surface area contributed by atoms with Crippen molar-refractivity contribution in [3.8, 4) is 0 Å². The van der Waals surface area contributed by atoms with Gasteiger partial charge in [0.1, 0.15) is 0 Å². The first kappa shape index (κ1) is 16.9. The van der Waals surface area contributed by atoms with E-state index in [1.54, 1.807) is 0 Å². The van der Waals surface area contributed by atoms with Crippen LogP contribution in [0.2, 0.25) is 0 Å². The molecule has 1 N–H and O–H groups in total. The second-order valence-electron chi connectivity index (χ2n) is 5.69. The zero-order chi connectivity index (χ0) is 13.3. The van der Waals surface area contributed by atoms with Crippen molar-refractivity contribution in [1.29, 1.82) is 0 Å². The summed E-state index contributed by atoms with van der Waals surface area (Å²) in [5, 5.41) is 3.55. The van der Waals surface area contributed by atoms with Crippen LogP contribution in [-0.4, -0.2) is 62.7 Å². The fourth-order valence-corrected chi connectivity index (χ4v) is 1.99. The number of nitrogens with zero attached hydrogens (tertiary/aromatic N) is 2. The summed E-state index contributed by atoms with van der Waals surface area (Å²) in [6, 6.07) is 0.640. The molecule has 0 aliphatic carbocycles. The summed E-state index contributed by atoms with van der Waals surface area (Å²) in [6.07, 6.45) is 1.26. The van der Waals surface area contributed by atoms with Crippen molar-refractivity contribution in [2.24, 2.45) is 5.92 Å². The third kappa shape index (κ3) is 9.57. The van der Waals surface area contributed by atoms with Crippen LogP contribution in [0.4, 0.5) is 0 Å². The van der Waals surface area contributed by atoms with Gasteiger partial charge in [0.2, 0.25) is 0 Å². The average molecular weight is 243 g/mol. The molecule has 0 amide bonds. The molecular weight excluding hydrogens is 210 g/mol. The predicted molar refractivity (Wildman–Crippen MR) is 77.6 cm³/mol. The Kier molecular flexibility index (Phi) is 9.79. The summed E-state index contributed by atoms with van der Waals surface area (Å²) in [5.74, 6) is 0.742. The van der Waals surface area contributed by atoms with Gasteiger partial charge in [-0.25, -0.2) is 0 Å². The van der Waals surface area contributed by atoms with Gasteiger partial charge in [0.25, 0.3) is 0 Å². The fourth-order valence-electron chi connectivity index (χ4n) is 1.99. The Bertz CT molecular complexity index is 169. The maximum absolute atomic E-state index is 3.55. The summed E-state index contributed by atoms with van der Waals surface area (Å²) < 4.78 is 0. The lowest BCUT2D eigenvalue weighted by atomic mass is 10.2. The van der Waals surface area contributed by atoms with Crippen LogP contribution in [0.15, 0.2) is 0 Å². The van der Waals surface area contributed by atoms with Crippen LogP contribution in [0.25, 0.3) is 0 Å². The minimum absolute atomic E-state index is 0.640. The molecule has 0 aliphatic heterocycles. The molecule has 0 saturated carbocycles. The van der Waals surface area contributed by atoms with Gasteiger partial charge in [-0.05, 0) is 59.5 Å². The SMILES string of the molecule is CCN(CCCN(C)C)C(C)CNCC(C)C. The molecule has 3 heteroatoms. The Morgan fingerprint density at radius 3 is 2.12 bits per heavy atom. The van der Waals surface area contributed by atoms with Crippen LogP contribution in [0.5, 0.6) is 0 Å². The summed E-state index contributed by atoms with van der Waals surface area (Å²) in [5.41, 5.74) is 0. The van der Waals surface area contributed by atoms with Crippen LogP contribution in [0, 0.1) is 5.92 Å². The Labute approximate surface area is 109 Å². The second-order valence-corrected chi connectivity index (χ2v) is 5.69. The molecule has 17 heavy (non-hydrogen) atoms. The molecule has 0 aliphatic rings. The molecule has 0 rings (SSSR count). The van der Waals surface area contributed by atoms with Crippen LogP contribution < -0.4 is 5.32 Å². The quantitative estimate of drug-likeness (QED) is 0.632. The Morgan fingerprint density at radius 2 is 1.65 bits per heavy atom. The van der Waals surface area contributed by atoms with Gasteiger partial charge in [-0.3, -0.25) is 4.90 Å². The summed E-state index contributed by atoms with van der Waals surface area (Å²) >= 11 is 0. The van der Waals surface area contributed by atoms with Gasteiger partial charge in [-0.2, -0.15) is 0 Å². The third-order valence-electron chi connectivity index (χ3n) is 3.07. The van der Waals surface area contributed by atoms with E-state index in [1.165, 1.54) is 19.5 Å². The maximum Gasteiger partial charge on any atom is 0.0192 e. The van der Waals surface area contributed by atoms with Gasteiger partial charge < -0.3 is 10.2 Å². The van der Waals surface area contributed by atoms with Gasteiger partial charge in [-0.1, -0.05) is 20.8 Å². The first-order valence-corrected chi connectivity index (χ1v) is 7.06. The van der Waals surface area contributed by atoms with E-state index in [-0.39, 0.29) is 0 Å². The van der Waals surface area contributed by atoms with Gasteiger partial charge in [0.15, 0.2) is 0 Å². The lowest BCUT2D eigenvalue weighted by Crippen LogP contribution is -2.42. The summed E-state index contributed by atoms with van der Waals surface area (Å²) in [7, 11) is 4.29. The minimum Gasteiger partial charge on any atom is -0.315 e. The van der Waals surface area contributed by atoms with E-state index in [0.717, 1.165) is 25.6 Å². The third-order valence-corrected chi connectivity index (χ3v) is 3.07. The largest absolute Gasteiger partial charge is 0.315 e. The lowest BCUT2D eigenvalue weighted by Gasteiger charge is -2.28. The molecule has 0 heterocycles. The first-order valence-electron chi connectivity index (χ1n) is 7.06. The monoisotopic (exact) mass is 243 g/mol. The second kappa shape index (κ2) is 9.86. The molecule has 3 nitrogen and oxygen atoms in total. The van der Waals surface area contributed by atoms with E-state index < -0.39 is 0 Å². The Balaban J connectivity index is 3.75. The molecule has 0 saturated heterocycles. The van der Waals surface area contributed by atoms with Gasteiger partial charge in [0.05, 0.1) is 0 Å². The lowest BCUT2D eigenvalue weighted by molar-refractivity contribution is 0.203. The average Bonchev–Trinajstić information content (AvgIpc) is 2.23. The highest BCUT2D eigenvalue weighted by Crippen LogP contribution is 2.00. The maximum atomic E-state index is 3.55. The standard InChI is InChI=1S/C14H33N3/c1-7-17(10-8-9-16(5)6)14(4)12-15-11-13(2)3/h13-15H,7-12H2,1-6H3. The van der Waals surface area contributed by atoms with Crippen molar-refractivity contribution in [1.82, 2.24) is 15.1 Å². The molecule has 0 spiro atoms. The molecule has 0 aromatic rings. The molecular formula is C14H33N3. The Morgan fingerprint density at radius 1 is 1.00 bits per heavy atom. The molecule has 1 atom stereocenters. The number of rotatable bonds is 10. The summed E-state index contributed by atoms with van der Waals surface area (Å²) in [6.45, 7) is 14.9. The van der Waals surface area contributed by atoms with Crippen molar-refractivity contribution in [2.45, 2.75) is 40.2 Å². The number of hydrogen-bond acceptors (Lipinski definition) is 3. The molecule has 1 unspecified atom stereocenters. The highest BCUT2D eigenvalue weighted by atomic mass is 15.2. The van der Waals surface area contributed by atoms with Crippen LogP contribution in [0.1, 0.15) is 34.1 Å². The molecule has 0 radical (unpaired) electrons. The van der Waals surface area contributed by atoms with Crippen LogP contribution in [0.3, 0.4) is 0 Å². The molecule has 0 fully saturated rings. The van der Waals surface area contributed by atoms with E-state index in [2.05, 4.69) is 56.9 Å². The smallest absolute Gasteiger partial charge is 0.0192 e. The normalized spacial score (nSPS) is 13.9. The number of nitrogens with one attached hydrogen (secondary N) is 1. The minimum atomic E-state index is 0.640. The molecule has 104 valence electrons. The number of hydrogen-bond donors (Lipinski definition) is 1. The van der Waals surface area contributed by atoms with Crippen molar-refractivity contribution in [3.05, 3.63) is 0 Å². The van der Waals surface area contributed by atoms with E-state index >= 15 is 0 Å². The molecule has 0 aromatic heterocycles. The van der Waals surface area contributed by atoms with Gasteiger partial charge in [0, 0.05) is 12.6 Å². The summed E-state index contributed by atoms with van der Waals surface area (Å²) in [4.78, 5) is 4.83. The van der Waals surface area contributed by atoms with Crippen molar-refractivity contribution in [3.63, 3.8) is 0 Å². The van der Waals surface area contributed by atoms with Crippen LogP contribution in [-0.2, 0) is 0 Å². The van der Waals surface area contributed by atoms with E-state index in [1.807, 2.05) is 0 Å². The predicted octanol–water partition coefficient (Wildman–Crippen LogP) is 1.89. The molecule has 0 aromatic carbocycles. The zero-order valence-electron chi connectivity index (χ0n) is 12.8. The van der Waals surface area contributed by atoms with Crippen molar-refractivity contribution in [2.75, 3.05) is 46.8 Å². The number of likely N-dealkylation sites (N-methyl/N-ethyl adjacent to an activating group) is 1. The van der Waals surface area contributed by atoms with Crippen molar-refractivity contribution < 1.29 is 0 Å². The topological polar surface area (TPSA) is 18.5 Å². The van der Waals surface area contributed by atoms with Gasteiger partial charge in [-0.15, -0.1) is 0 Å². The fraction of sp³-hybridized carbons (Fsp3) is 1.00. The van der Waals surface area contributed by atoms with Crippen LogP contribution >= 0.6 is 0 Å².